The lowest BCUT2D eigenvalue weighted by Crippen LogP contribution is -2.40. The van der Waals surface area contributed by atoms with E-state index in [9.17, 15) is 18.3 Å². The van der Waals surface area contributed by atoms with Gasteiger partial charge in [0.1, 0.15) is 5.82 Å². The molecule has 0 aromatic carbocycles. The van der Waals surface area contributed by atoms with Gasteiger partial charge < -0.3 is 9.67 Å². The van der Waals surface area contributed by atoms with Gasteiger partial charge in [0, 0.05) is 25.9 Å². The molecule has 0 spiro atoms. The molecule has 1 fully saturated rings. The number of rotatable bonds is 3. The summed E-state index contributed by atoms with van der Waals surface area (Å²) in [5.74, 6) is -0.574. The number of aliphatic hydroxyl groups is 1. The molecule has 0 saturated heterocycles. The Morgan fingerprint density at radius 1 is 1.53 bits per heavy atom. The van der Waals surface area contributed by atoms with E-state index in [1.165, 1.54) is 0 Å². The van der Waals surface area contributed by atoms with E-state index in [0.717, 1.165) is 5.82 Å². The van der Waals surface area contributed by atoms with Gasteiger partial charge in [-0.3, -0.25) is 0 Å². The zero-order valence-electron chi connectivity index (χ0n) is 11.0. The third kappa shape index (κ3) is 3.49. The van der Waals surface area contributed by atoms with Gasteiger partial charge in [-0.15, -0.1) is 0 Å². The normalized spacial score (nSPS) is 28.6. The number of imidazole rings is 1. The minimum Gasteiger partial charge on any atom is -0.390 e. The summed E-state index contributed by atoms with van der Waals surface area (Å²) in [6.07, 6.45) is 0.921. The molecule has 0 aliphatic heterocycles. The SMILES string of the molecule is Cn1ccnc1CCC1(O)CCCC(C(F)(F)F)C1. The molecule has 0 amide bonds. The minimum atomic E-state index is -4.20. The first-order valence-electron chi connectivity index (χ1n) is 6.55. The van der Waals surface area contributed by atoms with Gasteiger partial charge in [0.15, 0.2) is 0 Å². The number of hydrogen-bond donors (Lipinski definition) is 1. The maximum Gasteiger partial charge on any atom is 0.391 e. The van der Waals surface area contributed by atoms with Crippen molar-refractivity contribution < 1.29 is 18.3 Å². The molecular weight excluding hydrogens is 257 g/mol. The van der Waals surface area contributed by atoms with Crippen molar-refractivity contribution in [1.82, 2.24) is 9.55 Å². The Morgan fingerprint density at radius 2 is 2.26 bits per heavy atom. The second-order valence-corrected chi connectivity index (χ2v) is 5.51. The van der Waals surface area contributed by atoms with Crippen LogP contribution in [0.1, 0.15) is 37.9 Å². The summed E-state index contributed by atoms with van der Waals surface area (Å²) in [6.45, 7) is 0. The molecule has 19 heavy (non-hydrogen) atoms. The fourth-order valence-electron chi connectivity index (χ4n) is 2.83. The minimum absolute atomic E-state index is 0.133. The van der Waals surface area contributed by atoms with Gasteiger partial charge in [0.05, 0.1) is 11.5 Å². The number of nitrogens with zero attached hydrogens (tertiary/aromatic N) is 2. The van der Waals surface area contributed by atoms with E-state index in [-0.39, 0.29) is 12.8 Å². The number of halogens is 3. The first-order chi connectivity index (χ1) is 8.80. The van der Waals surface area contributed by atoms with Crippen LogP contribution in [-0.4, -0.2) is 26.4 Å². The van der Waals surface area contributed by atoms with Gasteiger partial charge in [-0.25, -0.2) is 4.98 Å². The quantitative estimate of drug-likeness (QED) is 0.922. The number of aromatic nitrogens is 2. The van der Waals surface area contributed by atoms with E-state index in [1.807, 2.05) is 11.6 Å². The lowest BCUT2D eigenvalue weighted by Gasteiger charge is -2.37. The highest BCUT2D eigenvalue weighted by molar-refractivity contribution is 4.96. The molecule has 6 heteroatoms. The topological polar surface area (TPSA) is 38.0 Å². The molecule has 0 radical (unpaired) electrons. The smallest absolute Gasteiger partial charge is 0.390 e. The zero-order valence-corrected chi connectivity index (χ0v) is 11.0. The molecule has 1 aliphatic carbocycles. The van der Waals surface area contributed by atoms with Crippen molar-refractivity contribution in [2.75, 3.05) is 0 Å². The average molecular weight is 276 g/mol. The van der Waals surface area contributed by atoms with Crippen LogP contribution in [0.15, 0.2) is 12.4 Å². The monoisotopic (exact) mass is 276 g/mol. The standard InChI is InChI=1S/C13H19F3N2O/c1-18-8-7-17-11(18)4-6-12(19)5-2-3-10(9-12)13(14,15)16/h7-8,10,19H,2-6,9H2,1H3. The van der Waals surface area contributed by atoms with Crippen molar-refractivity contribution in [3.05, 3.63) is 18.2 Å². The van der Waals surface area contributed by atoms with Gasteiger partial charge in [-0.2, -0.15) is 13.2 Å². The Kier molecular flexibility index (Phi) is 3.90. The molecule has 0 bridgehead atoms. The van der Waals surface area contributed by atoms with Crippen LogP contribution >= 0.6 is 0 Å². The molecule has 2 rings (SSSR count). The predicted molar refractivity (Wildman–Crippen MR) is 64.5 cm³/mol. The molecule has 1 heterocycles. The van der Waals surface area contributed by atoms with Crippen LogP contribution in [0.3, 0.4) is 0 Å². The highest BCUT2D eigenvalue weighted by Gasteiger charge is 2.46. The van der Waals surface area contributed by atoms with Crippen LogP contribution in [0.2, 0.25) is 0 Å². The van der Waals surface area contributed by atoms with Gasteiger partial charge >= 0.3 is 6.18 Å². The van der Waals surface area contributed by atoms with E-state index >= 15 is 0 Å². The Bertz CT molecular complexity index is 430. The molecule has 2 unspecified atom stereocenters. The molecule has 1 saturated carbocycles. The second kappa shape index (κ2) is 5.15. The first-order valence-corrected chi connectivity index (χ1v) is 6.55. The van der Waals surface area contributed by atoms with Gasteiger partial charge in [0.25, 0.3) is 0 Å². The lowest BCUT2D eigenvalue weighted by atomic mass is 9.75. The molecule has 1 aromatic heterocycles. The Labute approximate surface area is 110 Å². The van der Waals surface area contributed by atoms with Gasteiger partial charge in [-0.1, -0.05) is 0 Å². The summed E-state index contributed by atoms with van der Waals surface area (Å²) in [4.78, 5) is 4.13. The number of alkyl halides is 3. The molecule has 1 N–H and O–H groups in total. The predicted octanol–water partition coefficient (Wildman–Crippen LogP) is 2.84. The lowest BCUT2D eigenvalue weighted by molar-refractivity contribution is -0.201. The summed E-state index contributed by atoms with van der Waals surface area (Å²) in [5, 5.41) is 10.4. The van der Waals surface area contributed by atoms with E-state index in [4.69, 9.17) is 0 Å². The summed E-state index contributed by atoms with van der Waals surface area (Å²) in [5.41, 5.74) is -1.20. The summed E-state index contributed by atoms with van der Waals surface area (Å²) < 4.78 is 40.0. The number of hydrogen-bond acceptors (Lipinski definition) is 2. The second-order valence-electron chi connectivity index (χ2n) is 5.51. The van der Waals surface area contributed by atoms with Crippen molar-refractivity contribution in [2.24, 2.45) is 13.0 Å². The van der Waals surface area contributed by atoms with E-state index in [1.54, 1.807) is 12.4 Å². The first kappa shape index (κ1) is 14.4. The van der Waals surface area contributed by atoms with Gasteiger partial charge in [-0.05, 0) is 32.1 Å². The molecule has 2 atom stereocenters. The van der Waals surface area contributed by atoms with Crippen molar-refractivity contribution in [2.45, 2.75) is 50.3 Å². The Hall–Kier alpha value is -1.04. The highest BCUT2D eigenvalue weighted by atomic mass is 19.4. The van der Waals surface area contributed by atoms with E-state index in [2.05, 4.69) is 4.98 Å². The molecule has 1 aliphatic rings. The molecular formula is C13H19F3N2O. The maximum absolute atomic E-state index is 12.7. The highest BCUT2D eigenvalue weighted by Crippen LogP contribution is 2.43. The molecule has 3 nitrogen and oxygen atoms in total. The van der Waals surface area contributed by atoms with Crippen molar-refractivity contribution >= 4 is 0 Å². The summed E-state index contributed by atoms with van der Waals surface area (Å²) >= 11 is 0. The van der Waals surface area contributed by atoms with Crippen LogP contribution in [0.25, 0.3) is 0 Å². The van der Waals surface area contributed by atoms with Crippen LogP contribution in [0.4, 0.5) is 13.2 Å². The average Bonchev–Trinajstić information content (AvgIpc) is 2.71. The van der Waals surface area contributed by atoms with Crippen molar-refractivity contribution in [3.8, 4) is 0 Å². The van der Waals surface area contributed by atoms with Crippen molar-refractivity contribution in [1.29, 1.82) is 0 Å². The van der Waals surface area contributed by atoms with Gasteiger partial charge in [0.2, 0.25) is 0 Å². The van der Waals surface area contributed by atoms with Crippen LogP contribution in [0.5, 0.6) is 0 Å². The third-order valence-corrected chi connectivity index (χ3v) is 4.02. The largest absolute Gasteiger partial charge is 0.391 e. The maximum atomic E-state index is 12.7. The Balaban J connectivity index is 1.96. The number of aryl methyl sites for hydroxylation is 2. The summed E-state index contributed by atoms with van der Waals surface area (Å²) in [7, 11) is 1.84. The van der Waals surface area contributed by atoms with Crippen LogP contribution in [-0.2, 0) is 13.5 Å². The zero-order chi connectivity index (χ0) is 14.1. The van der Waals surface area contributed by atoms with Crippen LogP contribution in [0, 0.1) is 5.92 Å². The van der Waals surface area contributed by atoms with Crippen molar-refractivity contribution in [3.63, 3.8) is 0 Å². The van der Waals surface area contributed by atoms with E-state index < -0.39 is 17.7 Å². The molecule has 1 aromatic rings. The Morgan fingerprint density at radius 3 is 2.84 bits per heavy atom. The molecule has 108 valence electrons. The fourth-order valence-corrected chi connectivity index (χ4v) is 2.83. The van der Waals surface area contributed by atoms with Crippen LogP contribution < -0.4 is 0 Å². The third-order valence-electron chi connectivity index (χ3n) is 4.02. The summed E-state index contributed by atoms with van der Waals surface area (Å²) in [6, 6.07) is 0. The fraction of sp³-hybridized carbons (Fsp3) is 0.769. The van der Waals surface area contributed by atoms with E-state index in [0.29, 0.717) is 25.7 Å².